The maximum absolute atomic E-state index is 12.9. The average molecular weight is 500 g/mol. The quantitative estimate of drug-likeness (QED) is 0.382. The number of ether oxygens (including phenoxy) is 1. The van der Waals surface area contributed by atoms with Crippen molar-refractivity contribution in [2.75, 3.05) is 25.5 Å². The number of hydrogen-bond acceptors (Lipinski definition) is 8. The van der Waals surface area contributed by atoms with Crippen molar-refractivity contribution in [1.29, 1.82) is 0 Å². The summed E-state index contributed by atoms with van der Waals surface area (Å²) < 4.78 is 12.2. The van der Waals surface area contributed by atoms with E-state index in [0.717, 1.165) is 18.4 Å². The molecule has 4 aromatic rings. The predicted octanol–water partition coefficient (Wildman–Crippen LogP) is 3.61. The van der Waals surface area contributed by atoms with Crippen LogP contribution in [0, 0.1) is 0 Å². The van der Waals surface area contributed by atoms with Gasteiger partial charge in [0, 0.05) is 18.7 Å². The van der Waals surface area contributed by atoms with Crippen molar-refractivity contribution in [1.82, 2.24) is 30.0 Å². The second-order valence-electron chi connectivity index (χ2n) is 8.56. The van der Waals surface area contributed by atoms with Gasteiger partial charge in [0.05, 0.1) is 42.5 Å². The first-order valence-corrected chi connectivity index (χ1v) is 11.8. The SMILES string of the molecule is C=CC(=O)N1CCC[C@@H](n2cc(-c3ccc(NC(=O)c4cccc(-c5cnoc5)n4)c(OC)c3)nn2)C1. The van der Waals surface area contributed by atoms with E-state index in [1.54, 1.807) is 39.9 Å². The number of amides is 2. The molecule has 4 heterocycles. The summed E-state index contributed by atoms with van der Waals surface area (Å²) in [5.41, 5.74) is 3.43. The summed E-state index contributed by atoms with van der Waals surface area (Å²) in [5, 5.41) is 15.2. The van der Waals surface area contributed by atoms with Crippen LogP contribution in [0.5, 0.6) is 5.75 Å². The van der Waals surface area contributed by atoms with Crippen molar-refractivity contribution in [3.05, 3.63) is 73.4 Å². The lowest BCUT2D eigenvalue weighted by Gasteiger charge is -2.31. The molecule has 11 nitrogen and oxygen atoms in total. The average Bonchev–Trinajstić information content (AvgIpc) is 3.66. The topological polar surface area (TPSA) is 128 Å². The highest BCUT2D eigenvalue weighted by Crippen LogP contribution is 2.31. The van der Waals surface area contributed by atoms with Crippen LogP contribution in [0.15, 0.2) is 72.2 Å². The standard InChI is InChI=1S/C26H25N7O4/c1-3-25(34)32-11-5-6-19(14-32)33-15-23(30-31-33)17-9-10-21(24(12-17)36-2)29-26(35)22-8-4-7-20(28-22)18-13-27-37-16-18/h3-4,7-10,12-13,15-16,19H,1,5-6,11,14H2,2H3,(H,29,35)/t19-/m1/s1. The van der Waals surface area contributed by atoms with Gasteiger partial charge < -0.3 is 19.5 Å². The van der Waals surface area contributed by atoms with Gasteiger partial charge in [0.25, 0.3) is 5.91 Å². The summed E-state index contributed by atoms with van der Waals surface area (Å²) in [6.45, 7) is 4.86. The number of methoxy groups -OCH3 is 1. The molecule has 0 aliphatic carbocycles. The van der Waals surface area contributed by atoms with Crippen LogP contribution in [0.2, 0.25) is 0 Å². The van der Waals surface area contributed by atoms with Gasteiger partial charge in [-0.1, -0.05) is 29.1 Å². The van der Waals surface area contributed by atoms with Gasteiger partial charge in [-0.15, -0.1) is 5.10 Å². The number of aromatic nitrogens is 5. The maximum atomic E-state index is 12.9. The molecule has 37 heavy (non-hydrogen) atoms. The third kappa shape index (κ3) is 5.10. The van der Waals surface area contributed by atoms with Gasteiger partial charge in [-0.3, -0.25) is 9.59 Å². The number of nitrogens with one attached hydrogen (secondary N) is 1. The van der Waals surface area contributed by atoms with E-state index in [4.69, 9.17) is 9.26 Å². The number of likely N-dealkylation sites (tertiary alicyclic amines) is 1. The maximum Gasteiger partial charge on any atom is 0.274 e. The first-order valence-electron chi connectivity index (χ1n) is 11.8. The molecule has 0 radical (unpaired) electrons. The van der Waals surface area contributed by atoms with Crippen molar-refractivity contribution in [2.45, 2.75) is 18.9 Å². The van der Waals surface area contributed by atoms with Gasteiger partial charge in [-0.2, -0.15) is 0 Å². The number of pyridine rings is 1. The summed E-state index contributed by atoms with van der Waals surface area (Å²) >= 11 is 0. The zero-order valence-corrected chi connectivity index (χ0v) is 20.2. The predicted molar refractivity (Wildman–Crippen MR) is 135 cm³/mol. The molecular formula is C26H25N7O4. The number of anilines is 1. The number of hydrogen-bond donors (Lipinski definition) is 1. The molecule has 0 bridgehead atoms. The van der Waals surface area contributed by atoms with Crippen molar-refractivity contribution in [2.24, 2.45) is 0 Å². The van der Waals surface area contributed by atoms with Crippen molar-refractivity contribution < 1.29 is 18.8 Å². The summed E-state index contributed by atoms with van der Waals surface area (Å²) in [7, 11) is 1.53. The zero-order valence-electron chi connectivity index (χ0n) is 20.2. The van der Waals surface area contributed by atoms with Crippen LogP contribution in [0.25, 0.3) is 22.5 Å². The van der Waals surface area contributed by atoms with Crippen LogP contribution in [0.3, 0.4) is 0 Å². The molecule has 3 aromatic heterocycles. The van der Waals surface area contributed by atoms with E-state index in [1.165, 1.54) is 25.6 Å². The number of rotatable bonds is 7. The molecule has 1 N–H and O–H groups in total. The van der Waals surface area contributed by atoms with Crippen LogP contribution in [-0.4, -0.2) is 62.0 Å². The van der Waals surface area contributed by atoms with Gasteiger partial charge in [0.1, 0.15) is 23.4 Å². The highest BCUT2D eigenvalue weighted by Gasteiger charge is 2.25. The molecule has 0 unspecified atom stereocenters. The lowest BCUT2D eigenvalue weighted by Crippen LogP contribution is -2.40. The fourth-order valence-electron chi connectivity index (χ4n) is 4.28. The Bertz CT molecular complexity index is 1430. The number of carbonyl (C=O) groups is 2. The molecule has 0 spiro atoms. The number of benzene rings is 1. The molecule has 5 rings (SSSR count). The van der Waals surface area contributed by atoms with Crippen molar-refractivity contribution in [3.63, 3.8) is 0 Å². The van der Waals surface area contributed by atoms with Crippen molar-refractivity contribution in [3.8, 4) is 28.3 Å². The number of carbonyl (C=O) groups excluding carboxylic acids is 2. The molecule has 1 saturated heterocycles. The summed E-state index contributed by atoms with van der Waals surface area (Å²) in [6, 6.07) is 10.6. The zero-order chi connectivity index (χ0) is 25.8. The van der Waals surface area contributed by atoms with E-state index in [9.17, 15) is 9.59 Å². The van der Waals surface area contributed by atoms with Crippen LogP contribution < -0.4 is 10.1 Å². The minimum absolute atomic E-state index is 0.0421. The smallest absolute Gasteiger partial charge is 0.274 e. The normalized spacial score (nSPS) is 15.3. The van der Waals surface area contributed by atoms with Crippen LogP contribution in [0.1, 0.15) is 29.4 Å². The first kappa shape index (κ1) is 23.9. The third-order valence-electron chi connectivity index (χ3n) is 6.22. The monoisotopic (exact) mass is 499 g/mol. The molecular weight excluding hydrogens is 474 g/mol. The molecule has 1 atom stereocenters. The molecule has 1 aliphatic rings. The third-order valence-corrected chi connectivity index (χ3v) is 6.22. The Balaban J connectivity index is 1.32. The highest BCUT2D eigenvalue weighted by atomic mass is 16.5. The molecule has 0 saturated carbocycles. The molecule has 1 aromatic carbocycles. The summed E-state index contributed by atoms with van der Waals surface area (Å²) in [4.78, 5) is 31.1. The van der Waals surface area contributed by atoms with E-state index in [0.29, 0.717) is 41.5 Å². The van der Waals surface area contributed by atoms with Crippen LogP contribution in [0.4, 0.5) is 5.69 Å². The highest BCUT2D eigenvalue weighted by molar-refractivity contribution is 6.04. The Kier molecular flexibility index (Phi) is 6.75. The Morgan fingerprint density at radius 1 is 1.22 bits per heavy atom. The summed E-state index contributed by atoms with van der Waals surface area (Å²) in [6.07, 6.45) is 7.99. The number of piperidine rings is 1. The number of nitrogens with zero attached hydrogens (tertiary/aromatic N) is 6. The van der Waals surface area contributed by atoms with E-state index in [1.807, 2.05) is 12.3 Å². The Morgan fingerprint density at radius 3 is 2.89 bits per heavy atom. The second-order valence-corrected chi connectivity index (χ2v) is 8.56. The Morgan fingerprint density at radius 2 is 2.11 bits per heavy atom. The first-order chi connectivity index (χ1) is 18.1. The molecule has 1 aliphatic heterocycles. The van der Waals surface area contributed by atoms with Crippen molar-refractivity contribution >= 4 is 17.5 Å². The van der Waals surface area contributed by atoms with Gasteiger partial charge in [-0.05, 0) is 43.2 Å². The fourth-order valence-corrected chi connectivity index (χ4v) is 4.28. The Labute approximate surface area is 212 Å². The largest absolute Gasteiger partial charge is 0.495 e. The van der Waals surface area contributed by atoms with E-state index in [-0.39, 0.29) is 23.6 Å². The fraction of sp³-hybridized carbons (Fsp3) is 0.231. The lowest BCUT2D eigenvalue weighted by atomic mass is 10.1. The molecule has 11 heteroatoms. The molecule has 1 fully saturated rings. The van der Waals surface area contributed by atoms with E-state index in [2.05, 4.69) is 32.3 Å². The van der Waals surface area contributed by atoms with Gasteiger partial charge in [-0.25, -0.2) is 9.67 Å². The van der Waals surface area contributed by atoms with Gasteiger partial charge >= 0.3 is 0 Å². The Hall–Kier alpha value is -4.80. The van der Waals surface area contributed by atoms with Gasteiger partial charge in [0.2, 0.25) is 5.91 Å². The minimum Gasteiger partial charge on any atom is -0.495 e. The second kappa shape index (κ2) is 10.4. The summed E-state index contributed by atoms with van der Waals surface area (Å²) in [5.74, 6) is 0.00931. The minimum atomic E-state index is -0.383. The van der Waals surface area contributed by atoms with Crippen LogP contribution in [-0.2, 0) is 4.79 Å². The van der Waals surface area contributed by atoms with Gasteiger partial charge in [0.15, 0.2) is 0 Å². The van der Waals surface area contributed by atoms with E-state index >= 15 is 0 Å². The molecule has 188 valence electrons. The molecule has 2 amide bonds. The van der Waals surface area contributed by atoms with E-state index < -0.39 is 0 Å². The lowest BCUT2D eigenvalue weighted by molar-refractivity contribution is -0.127. The van der Waals surface area contributed by atoms with Crippen LogP contribution >= 0.6 is 0 Å².